The Hall–Kier alpha value is -0.210. The molecule has 3 N–H and O–H groups in total. The molecule has 7 heteroatoms. The molecule has 0 amide bonds. The van der Waals surface area contributed by atoms with Crippen LogP contribution in [0.4, 0.5) is 0 Å². The van der Waals surface area contributed by atoms with Gasteiger partial charge in [-0.3, -0.25) is 0 Å². The summed E-state index contributed by atoms with van der Waals surface area (Å²) in [6, 6.07) is 0. The maximum atomic E-state index is 12.9. The van der Waals surface area contributed by atoms with Crippen molar-refractivity contribution in [3.8, 4) is 0 Å². The summed E-state index contributed by atoms with van der Waals surface area (Å²) in [5, 5.41) is 33.1. The van der Waals surface area contributed by atoms with Gasteiger partial charge in [-0.2, -0.15) is 0 Å². The molecule has 1 saturated heterocycles. The number of aliphatic hydroxyl groups excluding tert-OH is 2. The van der Waals surface area contributed by atoms with Crippen LogP contribution >= 0.6 is 0 Å². The largest absolute Gasteiger partial charge is 0.393 e. The lowest BCUT2D eigenvalue weighted by molar-refractivity contribution is -0.182. The van der Waals surface area contributed by atoms with Crippen LogP contribution in [0, 0.1) is 50.7 Å². The van der Waals surface area contributed by atoms with Gasteiger partial charge < -0.3 is 20.1 Å². The van der Waals surface area contributed by atoms with Crippen LogP contribution < -0.4 is 0 Å². The zero-order valence-corrected chi connectivity index (χ0v) is 25.6. The van der Waals surface area contributed by atoms with E-state index in [1.807, 2.05) is 0 Å². The maximum absolute atomic E-state index is 12.9. The highest BCUT2D eigenvalue weighted by molar-refractivity contribution is 7.91. The highest BCUT2D eigenvalue weighted by Crippen LogP contribution is 2.89. The zero-order valence-electron chi connectivity index (χ0n) is 24.8. The molecule has 5 saturated carbocycles. The molecular formula is C31H52O6S. The Bertz CT molecular complexity index is 1110. The van der Waals surface area contributed by atoms with E-state index in [9.17, 15) is 23.7 Å². The van der Waals surface area contributed by atoms with E-state index < -0.39 is 39.0 Å². The standard InChI is InChI=1S/C31H52O6S/c1-17-15-18(25(27(4,5)34)38(8,35)36)37-23-22(17)28(6)13-14-31-16-30(31)12-11-21(32)26(2,3)19(30)9-10-20(31)29(28,7)24(23)33/h17-25,32-34H,9-16H2,1-8H3/t17-,18?,19+,20?,21?,22+,23?,24+,25?,28?,29-,30?,31?/m1/s1. The predicted octanol–water partition coefficient (Wildman–Crippen LogP) is 4.34. The fourth-order valence-corrected chi connectivity index (χ4v) is 14.5. The van der Waals surface area contributed by atoms with Crippen molar-refractivity contribution < 1.29 is 28.5 Å². The number of fused-ring (bicyclic) bond motifs is 4. The SMILES string of the molecule is C[C@@H]1CC(C(C(C)(C)O)S(C)(=O)=O)OC2[C@H]1C1(C)CCC34CC35CCC(O)C(C)(C)[C@@H]5CCC4[C@]1(C)[C@H]2O. The molecule has 0 aromatic heterocycles. The van der Waals surface area contributed by atoms with Crippen LogP contribution in [0.15, 0.2) is 0 Å². The third-order valence-corrected chi connectivity index (χ3v) is 16.1. The van der Waals surface area contributed by atoms with Crippen molar-refractivity contribution >= 4 is 9.84 Å². The van der Waals surface area contributed by atoms with Gasteiger partial charge in [0.15, 0.2) is 9.84 Å². The molecule has 8 unspecified atom stereocenters. The Morgan fingerprint density at radius 2 is 1.55 bits per heavy atom. The number of sulfone groups is 1. The molecule has 2 spiro atoms. The van der Waals surface area contributed by atoms with Gasteiger partial charge in [-0.25, -0.2) is 8.42 Å². The number of ether oxygens (including phenoxy) is 1. The summed E-state index contributed by atoms with van der Waals surface area (Å²) < 4.78 is 32.4. The molecule has 218 valence electrons. The average Bonchev–Trinajstić information content (AvgIpc) is 3.40. The van der Waals surface area contributed by atoms with E-state index in [2.05, 4.69) is 34.6 Å². The average molecular weight is 553 g/mol. The molecule has 1 heterocycles. The highest BCUT2D eigenvalue weighted by Gasteiger charge is 2.84. The van der Waals surface area contributed by atoms with Crippen molar-refractivity contribution in [2.24, 2.45) is 50.7 Å². The molecule has 6 nitrogen and oxygen atoms in total. The van der Waals surface area contributed by atoms with Crippen LogP contribution in [0.2, 0.25) is 0 Å². The number of hydrogen-bond acceptors (Lipinski definition) is 6. The second-order valence-corrected chi connectivity index (χ2v) is 18.6. The van der Waals surface area contributed by atoms with Crippen LogP contribution in [0.3, 0.4) is 0 Å². The van der Waals surface area contributed by atoms with E-state index in [0.717, 1.165) is 32.1 Å². The first-order chi connectivity index (χ1) is 17.3. The highest BCUT2D eigenvalue weighted by atomic mass is 32.2. The van der Waals surface area contributed by atoms with E-state index in [1.165, 1.54) is 19.1 Å². The van der Waals surface area contributed by atoms with Gasteiger partial charge in [0, 0.05) is 11.7 Å². The van der Waals surface area contributed by atoms with Crippen molar-refractivity contribution in [3.05, 3.63) is 0 Å². The molecule has 1 aliphatic heterocycles. The Morgan fingerprint density at radius 1 is 0.947 bits per heavy atom. The lowest BCUT2D eigenvalue weighted by Gasteiger charge is -2.63. The number of aliphatic hydroxyl groups is 3. The normalized spacial score (nSPS) is 56.1. The first-order valence-electron chi connectivity index (χ1n) is 15.2. The first-order valence-corrected chi connectivity index (χ1v) is 17.2. The van der Waals surface area contributed by atoms with Crippen molar-refractivity contribution in [3.63, 3.8) is 0 Å². The van der Waals surface area contributed by atoms with Crippen LogP contribution in [-0.2, 0) is 14.6 Å². The van der Waals surface area contributed by atoms with E-state index >= 15 is 0 Å². The Morgan fingerprint density at radius 3 is 2.16 bits per heavy atom. The molecule has 6 rings (SSSR count). The van der Waals surface area contributed by atoms with E-state index in [4.69, 9.17) is 4.74 Å². The molecule has 0 radical (unpaired) electrons. The zero-order chi connectivity index (χ0) is 28.1. The fourth-order valence-electron chi connectivity index (χ4n) is 12.8. The quantitative estimate of drug-likeness (QED) is 0.481. The third kappa shape index (κ3) is 3.12. The molecule has 0 bridgehead atoms. The Kier molecular flexibility index (Phi) is 5.72. The first kappa shape index (κ1) is 27.9. The maximum Gasteiger partial charge on any atom is 0.155 e. The summed E-state index contributed by atoms with van der Waals surface area (Å²) >= 11 is 0. The molecule has 5 aliphatic carbocycles. The topological polar surface area (TPSA) is 104 Å². The van der Waals surface area contributed by atoms with E-state index in [1.54, 1.807) is 13.8 Å². The van der Waals surface area contributed by atoms with Crippen molar-refractivity contribution in [1.29, 1.82) is 0 Å². The minimum absolute atomic E-state index is 0.0702. The second kappa shape index (κ2) is 7.79. The van der Waals surface area contributed by atoms with Gasteiger partial charge in [0.05, 0.1) is 30.0 Å². The third-order valence-electron chi connectivity index (χ3n) is 14.3. The van der Waals surface area contributed by atoms with Gasteiger partial charge in [0.1, 0.15) is 5.25 Å². The summed E-state index contributed by atoms with van der Waals surface area (Å²) in [6.07, 6.45) is 7.47. The summed E-state index contributed by atoms with van der Waals surface area (Å²) in [7, 11) is -3.58. The van der Waals surface area contributed by atoms with Crippen LogP contribution in [0.5, 0.6) is 0 Å². The number of rotatable bonds is 3. The Balaban J connectivity index is 1.37. The summed E-state index contributed by atoms with van der Waals surface area (Å²) in [5.74, 6) is 1.29. The number of hydrogen-bond donors (Lipinski definition) is 3. The minimum Gasteiger partial charge on any atom is -0.393 e. The van der Waals surface area contributed by atoms with E-state index in [-0.39, 0.29) is 45.0 Å². The van der Waals surface area contributed by atoms with Crippen LogP contribution in [-0.4, -0.2) is 65.3 Å². The van der Waals surface area contributed by atoms with Gasteiger partial charge in [-0.1, -0.05) is 34.6 Å². The molecule has 0 aromatic rings. The van der Waals surface area contributed by atoms with Gasteiger partial charge in [0.25, 0.3) is 0 Å². The lowest BCUT2D eigenvalue weighted by atomic mass is 9.41. The summed E-state index contributed by atoms with van der Waals surface area (Å²) in [4.78, 5) is 0. The van der Waals surface area contributed by atoms with Crippen molar-refractivity contribution in [2.45, 2.75) is 135 Å². The molecule has 6 aliphatic rings. The predicted molar refractivity (Wildman–Crippen MR) is 147 cm³/mol. The summed E-state index contributed by atoms with van der Waals surface area (Å²) in [6.45, 7) is 14.6. The lowest BCUT2D eigenvalue weighted by Crippen LogP contribution is -2.59. The molecular weight excluding hydrogens is 500 g/mol. The summed E-state index contributed by atoms with van der Waals surface area (Å²) in [5.41, 5.74) is -1.38. The minimum atomic E-state index is -3.58. The monoisotopic (exact) mass is 552 g/mol. The molecule has 0 aromatic carbocycles. The fraction of sp³-hybridized carbons (Fsp3) is 1.00. The molecule has 13 atom stereocenters. The van der Waals surface area contributed by atoms with Gasteiger partial charge >= 0.3 is 0 Å². The van der Waals surface area contributed by atoms with Gasteiger partial charge in [-0.15, -0.1) is 0 Å². The molecule has 38 heavy (non-hydrogen) atoms. The molecule has 6 fully saturated rings. The Labute approximate surface area is 230 Å². The van der Waals surface area contributed by atoms with Gasteiger partial charge in [-0.05, 0) is 111 Å². The van der Waals surface area contributed by atoms with Crippen molar-refractivity contribution in [2.75, 3.05) is 6.26 Å². The van der Waals surface area contributed by atoms with E-state index in [0.29, 0.717) is 18.3 Å². The van der Waals surface area contributed by atoms with Crippen LogP contribution in [0.1, 0.15) is 99.8 Å². The second-order valence-electron chi connectivity index (χ2n) is 16.5. The van der Waals surface area contributed by atoms with Gasteiger partial charge in [0.2, 0.25) is 0 Å². The van der Waals surface area contributed by atoms with Crippen LogP contribution in [0.25, 0.3) is 0 Å². The smallest absolute Gasteiger partial charge is 0.155 e. The van der Waals surface area contributed by atoms with Crippen molar-refractivity contribution in [1.82, 2.24) is 0 Å².